The first-order valence-electron chi connectivity index (χ1n) is 12.2. The number of rotatable bonds is 5. The molecule has 2 atom stereocenters. The predicted molar refractivity (Wildman–Crippen MR) is 142 cm³/mol. The molecule has 1 aliphatic heterocycles. The molecule has 3 aromatic carbocycles. The monoisotopic (exact) mass is 470 g/mol. The Morgan fingerprint density at radius 1 is 1.03 bits per heavy atom. The van der Waals surface area contributed by atoms with E-state index in [4.69, 9.17) is 9.73 Å². The molecule has 0 radical (unpaired) electrons. The first kappa shape index (κ1) is 22.7. The summed E-state index contributed by atoms with van der Waals surface area (Å²) >= 11 is 1.48. The maximum absolute atomic E-state index is 13.9. The summed E-state index contributed by atoms with van der Waals surface area (Å²) in [5.41, 5.74) is 1.82. The Kier molecular flexibility index (Phi) is 6.73. The molecule has 0 aromatic heterocycles. The summed E-state index contributed by atoms with van der Waals surface area (Å²) in [7, 11) is 0. The zero-order valence-electron chi connectivity index (χ0n) is 19.7. The fraction of sp³-hybridized carbons (Fsp3) is 0.310. The number of nitrogens with zero attached hydrogens (tertiary/aromatic N) is 2. The normalized spacial score (nSPS) is 23.2. The Balaban J connectivity index is 1.61. The number of amidine groups is 1. The molecule has 0 N–H and O–H groups in total. The minimum Gasteiger partial charge on any atom is -0.493 e. The molecular weight excluding hydrogens is 440 g/mol. The number of benzene rings is 3. The lowest BCUT2D eigenvalue weighted by molar-refractivity contribution is -0.124. The summed E-state index contributed by atoms with van der Waals surface area (Å²) in [5.74, 6) is 1.30. The Labute approximate surface area is 205 Å². The van der Waals surface area contributed by atoms with Gasteiger partial charge in [0.15, 0.2) is 5.17 Å². The van der Waals surface area contributed by atoms with Crippen LogP contribution >= 0.6 is 11.8 Å². The molecule has 1 saturated heterocycles. The van der Waals surface area contributed by atoms with Crippen molar-refractivity contribution < 1.29 is 9.53 Å². The molecule has 0 spiro atoms. The number of hydrogen-bond donors (Lipinski definition) is 0. The van der Waals surface area contributed by atoms with Crippen molar-refractivity contribution in [3.63, 3.8) is 0 Å². The molecule has 4 nitrogen and oxygen atoms in total. The van der Waals surface area contributed by atoms with Crippen LogP contribution in [-0.2, 0) is 4.79 Å². The maximum atomic E-state index is 13.9. The summed E-state index contributed by atoms with van der Waals surface area (Å²) in [6, 6.07) is 22.4. The van der Waals surface area contributed by atoms with Crippen molar-refractivity contribution in [3.05, 3.63) is 77.2 Å². The maximum Gasteiger partial charge on any atom is 0.267 e. The molecule has 1 saturated carbocycles. The highest BCUT2D eigenvalue weighted by atomic mass is 32.2. The molecular formula is C29H30N2O2S. The van der Waals surface area contributed by atoms with Crippen molar-refractivity contribution in [2.24, 2.45) is 10.9 Å². The van der Waals surface area contributed by atoms with Gasteiger partial charge in [0, 0.05) is 11.6 Å². The number of carbonyl (C=O) groups excluding carboxylic acids is 1. The van der Waals surface area contributed by atoms with Crippen LogP contribution in [0, 0.1) is 5.92 Å². The minimum atomic E-state index is 0.0498. The number of carbonyl (C=O) groups is 1. The SMILES string of the molecule is CCOc1ccc2ccccc2c1/C=C1\SC(=Nc2ccccc2)N([C@H]2CCCC[C@H]2C)C1=O. The average molecular weight is 471 g/mol. The van der Waals surface area contributed by atoms with Crippen LogP contribution in [0.15, 0.2) is 76.6 Å². The van der Waals surface area contributed by atoms with E-state index >= 15 is 0 Å². The van der Waals surface area contributed by atoms with Crippen LogP contribution in [0.1, 0.15) is 45.1 Å². The molecule has 2 fully saturated rings. The van der Waals surface area contributed by atoms with Crippen LogP contribution in [0.3, 0.4) is 0 Å². The number of hydrogen-bond acceptors (Lipinski definition) is 4. The van der Waals surface area contributed by atoms with Gasteiger partial charge in [-0.1, -0.05) is 68.3 Å². The second kappa shape index (κ2) is 10.1. The van der Waals surface area contributed by atoms with Crippen LogP contribution in [0.2, 0.25) is 0 Å². The number of amides is 1. The Bertz CT molecular complexity index is 1250. The van der Waals surface area contributed by atoms with E-state index in [1.54, 1.807) is 0 Å². The van der Waals surface area contributed by atoms with Crippen molar-refractivity contribution in [2.45, 2.75) is 45.6 Å². The van der Waals surface area contributed by atoms with Crippen LogP contribution in [0.5, 0.6) is 5.75 Å². The summed E-state index contributed by atoms with van der Waals surface area (Å²) in [5, 5.41) is 2.99. The van der Waals surface area contributed by atoms with Crippen LogP contribution < -0.4 is 4.74 Å². The van der Waals surface area contributed by atoms with Gasteiger partial charge in [0.05, 0.1) is 17.2 Å². The third kappa shape index (κ3) is 4.49. The molecule has 0 bridgehead atoms. The molecule has 2 aliphatic rings. The van der Waals surface area contributed by atoms with Crippen LogP contribution in [-0.4, -0.2) is 28.6 Å². The molecule has 1 heterocycles. The van der Waals surface area contributed by atoms with E-state index in [0.717, 1.165) is 52.2 Å². The van der Waals surface area contributed by atoms with E-state index in [9.17, 15) is 4.79 Å². The van der Waals surface area contributed by atoms with Gasteiger partial charge in [-0.3, -0.25) is 9.69 Å². The van der Waals surface area contributed by atoms with Crippen molar-refractivity contribution in [1.82, 2.24) is 4.90 Å². The zero-order valence-corrected chi connectivity index (χ0v) is 20.6. The quantitative estimate of drug-likeness (QED) is 0.364. The minimum absolute atomic E-state index is 0.0498. The van der Waals surface area contributed by atoms with E-state index in [2.05, 4.69) is 25.1 Å². The van der Waals surface area contributed by atoms with Gasteiger partial charge >= 0.3 is 0 Å². The van der Waals surface area contributed by atoms with E-state index < -0.39 is 0 Å². The number of aliphatic imine (C=N–C) groups is 1. The lowest BCUT2D eigenvalue weighted by atomic mass is 9.85. The van der Waals surface area contributed by atoms with E-state index in [1.807, 2.05) is 66.4 Å². The zero-order chi connectivity index (χ0) is 23.5. The summed E-state index contributed by atoms with van der Waals surface area (Å²) in [6.07, 6.45) is 6.56. The predicted octanol–water partition coefficient (Wildman–Crippen LogP) is 7.42. The Morgan fingerprint density at radius 3 is 2.59 bits per heavy atom. The second-order valence-electron chi connectivity index (χ2n) is 8.98. The topological polar surface area (TPSA) is 41.9 Å². The first-order valence-corrected chi connectivity index (χ1v) is 13.0. The largest absolute Gasteiger partial charge is 0.493 e. The van der Waals surface area contributed by atoms with Gasteiger partial charge in [0.25, 0.3) is 5.91 Å². The van der Waals surface area contributed by atoms with E-state index in [-0.39, 0.29) is 11.9 Å². The van der Waals surface area contributed by atoms with Gasteiger partial charge in [0.2, 0.25) is 0 Å². The summed E-state index contributed by atoms with van der Waals surface area (Å²) < 4.78 is 5.96. The van der Waals surface area contributed by atoms with Crippen LogP contribution in [0.4, 0.5) is 5.69 Å². The third-order valence-electron chi connectivity index (χ3n) is 6.72. The van der Waals surface area contributed by atoms with Gasteiger partial charge in [-0.05, 0) is 72.5 Å². The standard InChI is InChI=1S/C29H30N2O2S/c1-3-33-26-18-17-21-12-8-9-15-23(21)24(26)19-27-28(32)31(25-16-10-7-11-20(25)2)29(34-27)30-22-13-5-4-6-14-22/h4-6,8-9,12-15,17-20,25H,3,7,10-11,16H2,1-2H3/b27-19-,30-29?/t20-,25+/m1/s1. The number of fused-ring (bicyclic) bond motifs is 1. The van der Waals surface area contributed by atoms with Gasteiger partial charge in [0.1, 0.15) is 5.75 Å². The molecule has 0 unspecified atom stereocenters. The van der Waals surface area contributed by atoms with E-state index in [1.165, 1.54) is 18.2 Å². The van der Waals surface area contributed by atoms with E-state index in [0.29, 0.717) is 17.4 Å². The van der Waals surface area contributed by atoms with Crippen molar-refractivity contribution >= 4 is 45.4 Å². The number of para-hydroxylation sites is 1. The molecule has 5 rings (SSSR count). The third-order valence-corrected chi connectivity index (χ3v) is 7.70. The smallest absolute Gasteiger partial charge is 0.267 e. The molecule has 1 amide bonds. The summed E-state index contributed by atoms with van der Waals surface area (Å²) in [4.78, 5) is 21.5. The Morgan fingerprint density at radius 2 is 1.79 bits per heavy atom. The first-order chi connectivity index (χ1) is 16.7. The van der Waals surface area contributed by atoms with Gasteiger partial charge < -0.3 is 4.74 Å². The molecule has 3 aromatic rings. The fourth-order valence-corrected chi connectivity index (χ4v) is 6.01. The summed E-state index contributed by atoms with van der Waals surface area (Å²) in [6.45, 7) is 4.82. The van der Waals surface area contributed by atoms with Gasteiger partial charge in [-0.25, -0.2) is 4.99 Å². The highest BCUT2D eigenvalue weighted by Crippen LogP contribution is 2.41. The highest BCUT2D eigenvalue weighted by Gasteiger charge is 2.41. The fourth-order valence-electron chi connectivity index (χ4n) is 4.99. The molecule has 34 heavy (non-hydrogen) atoms. The number of thioether (sulfide) groups is 1. The van der Waals surface area contributed by atoms with Crippen molar-refractivity contribution in [3.8, 4) is 5.75 Å². The molecule has 1 aliphatic carbocycles. The lowest BCUT2D eigenvalue weighted by Gasteiger charge is -2.35. The Hall–Kier alpha value is -3.05. The van der Waals surface area contributed by atoms with Crippen molar-refractivity contribution in [1.29, 1.82) is 0 Å². The molecule has 5 heteroatoms. The second-order valence-corrected chi connectivity index (χ2v) is 9.99. The van der Waals surface area contributed by atoms with Gasteiger partial charge in [-0.15, -0.1) is 0 Å². The van der Waals surface area contributed by atoms with Crippen molar-refractivity contribution in [2.75, 3.05) is 6.61 Å². The van der Waals surface area contributed by atoms with Gasteiger partial charge in [-0.2, -0.15) is 0 Å². The molecule has 174 valence electrons. The average Bonchev–Trinajstić information content (AvgIpc) is 3.16. The van der Waals surface area contributed by atoms with Crippen LogP contribution in [0.25, 0.3) is 16.8 Å². The number of ether oxygens (including phenoxy) is 1. The lowest BCUT2D eigenvalue weighted by Crippen LogP contribution is -2.44. The highest BCUT2D eigenvalue weighted by molar-refractivity contribution is 8.18.